The van der Waals surface area contributed by atoms with Gasteiger partial charge in [0.25, 0.3) is 0 Å². The maximum atomic E-state index is 13.7. The van der Waals surface area contributed by atoms with Crippen molar-refractivity contribution in [2.75, 3.05) is 7.05 Å². The zero-order valence-electron chi connectivity index (χ0n) is 11.2. The second-order valence-corrected chi connectivity index (χ2v) is 7.75. The van der Waals surface area contributed by atoms with Gasteiger partial charge in [0.15, 0.2) is 0 Å². The zero-order chi connectivity index (χ0) is 15.1. The number of hydrogen-bond donors (Lipinski definition) is 0. The van der Waals surface area contributed by atoms with Crippen molar-refractivity contribution in [1.29, 1.82) is 0 Å². The minimum atomic E-state index is -3.74. The van der Waals surface area contributed by atoms with Crippen molar-refractivity contribution >= 4 is 33.2 Å². The summed E-state index contributed by atoms with van der Waals surface area (Å²) in [5, 5.41) is -0.128. The number of nitrogens with zero attached hydrogens (tertiary/aromatic N) is 1. The lowest BCUT2D eigenvalue weighted by molar-refractivity contribution is 0.357. The highest BCUT2D eigenvalue weighted by Crippen LogP contribution is 2.37. The molecule has 0 spiro atoms. The molecule has 0 bridgehead atoms. The van der Waals surface area contributed by atoms with Gasteiger partial charge in [-0.15, -0.1) is 11.6 Å². The molecule has 1 aromatic rings. The first-order valence-electron chi connectivity index (χ1n) is 6.31. The molecule has 0 N–H and O–H groups in total. The van der Waals surface area contributed by atoms with Crippen LogP contribution in [0.4, 0.5) is 4.39 Å². The summed E-state index contributed by atoms with van der Waals surface area (Å²) in [4.78, 5) is -0.106. The van der Waals surface area contributed by atoms with Gasteiger partial charge >= 0.3 is 0 Å². The number of hydrogen-bond acceptors (Lipinski definition) is 2. The minimum Gasteiger partial charge on any atom is -0.207 e. The first-order chi connectivity index (χ1) is 9.28. The molecule has 1 aliphatic rings. The fraction of sp³-hybridized carbons (Fsp3) is 0.538. The summed E-state index contributed by atoms with van der Waals surface area (Å²) >= 11 is 11.4. The predicted molar refractivity (Wildman–Crippen MR) is 78.1 cm³/mol. The third-order valence-electron chi connectivity index (χ3n) is 3.78. The van der Waals surface area contributed by atoms with Crippen LogP contribution >= 0.6 is 23.2 Å². The highest BCUT2D eigenvalue weighted by atomic mass is 35.5. The molecule has 1 aromatic carbocycles. The predicted octanol–water partition coefficient (Wildman–Crippen LogP) is 3.64. The molecule has 0 aromatic heterocycles. The van der Waals surface area contributed by atoms with Crippen LogP contribution in [0, 0.1) is 11.7 Å². The van der Waals surface area contributed by atoms with E-state index in [0.29, 0.717) is 5.92 Å². The quantitative estimate of drug-likeness (QED) is 0.768. The Morgan fingerprint density at radius 2 is 2.05 bits per heavy atom. The SMILES string of the molecule is CC(C1CC1)N(C)S(=O)(=O)c1cc(F)c(Cl)c(CCl)c1. The second-order valence-electron chi connectivity index (χ2n) is 5.11. The van der Waals surface area contributed by atoms with Gasteiger partial charge in [-0.25, -0.2) is 12.8 Å². The van der Waals surface area contributed by atoms with Gasteiger partial charge in [0.2, 0.25) is 10.0 Å². The third kappa shape index (κ3) is 2.96. The molecule has 0 radical (unpaired) electrons. The standard InChI is InChI=1S/C13H16Cl2FNO2S/c1-8(9-3-4-9)17(2)20(18,19)11-5-10(7-14)13(15)12(16)6-11/h5-6,8-9H,3-4,7H2,1-2H3. The van der Waals surface area contributed by atoms with E-state index < -0.39 is 15.8 Å². The Hall–Kier alpha value is -0.360. The van der Waals surface area contributed by atoms with Crippen LogP contribution in [0.1, 0.15) is 25.3 Å². The van der Waals surface area contributed by atoms with Gasteiger partial charge in [0, 0.05) is 19.0 Å². The summed E-state index contributed by atoms with van der Waals surface area (Å²) in [6.45, 7) is 1.87. The van der Waals surface area contributed by atoms with Crippen molar-refractivity contribution in [2.45, 2.75) is 36.6 Å². The number of benzene rings is 1. The van der Waals surface area contributed by atoms with E-state index in [1.165, 1.54) is 17.4 Å². The first kappa shape index (κ1) is 16.0. The Kier molecular flexibility index (Phi) is 4.64. The minimum absolute atomic E-state index is 0.0407. The van der Waals surface area contributed by atoms with E-state index in [1.807, 2.05) is 6.92 Å². The summed E-state index contributed by atoms with van der Waals surface area (Å²) < 4.78 is 40.0. The fourth-order valence-corrected chi connectivity index (χ4v) is 4.07. The summed E-state index contributed by atoms with van der Waals surface area (Å²) in [5.41, 5.74) is 0.277. The number of alkyl halides is 1. The van der Waals surface area contributed by atoms with Crippen LogP contribution < -0.4 is 0 Å². The van der Waals surface area contributed by atoms with E-state index in [9.17, 15) is 12.8 Å². The van der Waals surface area contributed by atoms with Crippen molar-refractivity contribution in [1.82, 2.24) is 4.31 Å². The van der Waals surface area contributed by atoms with Crippen molar-refractivity contribution < 1.29 is 12.8 Å². The Balaban J connectivity index is 2.40. The Labute approximate surface area is 128 Å². The van der Waals surface area contributed by atoms with Crippen molar-refractivity contribution in [3.63, 3.8) is 0 Å². The van der Waals surface area contributed by atoms with Gasteiger partial charge in [-0.05, 0) is 43.4 Å². The van der Waals surface area contributed by atoms with Gasteiger partial charge in [-0.1, -0.05) is 11.6 Å². The molecule has 0 heterocycles. The molecule has 20 heavy (non-hydrogen) atoms. The average molecular weight is 340 g/mol. The van der Waals surface area contributed by atoms with Gasteiger partial charge in [0.05, 0.1) is 9.92 Å². The monoisotopic (exact) mass is 339 g/mol. The molecule has 1 fully saturated rings. The first-order valence-corrected chi connectivity index (χ1v) is 8.66. The molecular formula is C13H16Cl2FNO2S. The lowest BCUT2D eigenvalue weighted by Gasteiger charge is -2.24. The molecule has 3 nitrogen and oxygen atoms in total. The molecule has 7 heteroatoms. The second kappa shape index (κ2) is 5.79. The maximum Gasteiger partial charge on any atom is 0.243 e. The van der Waals surface area contributed by atoms with E-state index in [4.69, 9.17) is 23.2 Å². The smallest absolute Gasteiger partial charge is 0.207 e. The van der Waals surface area contributed by atoms with Crippen LogP contribution in [0.5, 0.6) is 0 Å². The summed E-state index contributed by atoms with van der Waals surface area (Å²) in [7, 11) is -2.22. The lowest BCUT2D eigenvalue weighted by Crippen LogP contribution is -2.36. The molecular weight excluding hydrogens is 324 g/mol. The molecule has 0 aliphatic heterocycles. The van der Waals surface area contributed by atoms with Gasteiger partial charge in [0.1, 0.15) is 5.82 Å². The molecule has 112 valence electrons. The number of halogens is 3. The van der Waals surface area contributed by atoms with Crippen molar-refractivity contribution in [3.05, 3.63) is 28.5 Å². The van der Waals surface area contributed by atoms with Gasteiger partial charge < -0.3 is 0 Å². The Morgan fingerprint density at radius 1 is 1.45 bits per heavy atom. The topological polar surface area (TPSA) is 37.4 Å². The largest absolute Gasteiger partial charge is 0.243 e. The zero-order valence-corrected chi connectivity index (χ0v) is 13.6. The molecule has 2 rings (SSSR count). The van der Waals surface area contributed by atoms with Gasteiger partial charge in [-0.2, -0.15) is 4.31 Å². The van der Waals surface area contributed by atoms with Crippen LogP contribution in [0.3, 0.4) is 0 Å². The van der Waals surface area contributed by atoms with Crippen molar-refractivity contribution in [2.24, 2.45) is 5.92 Å². The Morgan fingerprint density at radius 3 is 2.55 bits per heavy atom. The van der Waals surface area contributed by atoms with E-state index in [-0.39, 0.29) is 27.4 Å². The summed E-state index contributed by atoms with van der Waals surface area (Å²) in [6.07, 6.45) is 2.06. The lowest BCUT2D eigenvalue weighted by atomic mass is 10.2. The number of sulfonamides is 1. The fourth-order valence-electron chi connectivity index (χ4n) is 2.13. The van der Waals surface area contributed by atoms with Crippen molar-refractivity contribution in [3.8, 4) is 0 Å². The highest BCUT2D eigenvalue weighted by molar-refractivity contribution is 7.89. The van der Waals surface area contributed by atoms with Crippen LogP contribution in [-0.4, -0.2) is 25.8 Å². The third-order valence-corrected chi connectivity index (χ3v) is 6.41. The molecule has 1 aliphatic carbocycles. The highest BCUT2D eigenvalue weighted by Gasteiger charge is 2.36. The number of rotatable bonds is 5. The van der Waals surface area contributed by atoms with E-state index in [0.717, 1.165) is 18.9 Å². The molecule has 1 unspecified atom stereocenters. The molecule has 1 saturated carbocycles. The van der Waals surface area contributed by atoms with Crippen LogP contribution in [-0.2, 0) is 15.9 Å². The molecule has 0 amide bonds. The molecule has 1 atom stereocenters. The van der Waals surface area contributed by atoms with Crippen LogP contribution in [0.15, 0.2) is 17.0 Å². The van der Waals surface area contributed by atoms with Gasteiger partial charge in [-0.3, -0.25) is 0 Å². The van der Waals surface area contributed by atoms with E-state index >= 15 is 0 Å². The van der Waals surface area contributed by atoms with E-state index in [1.54, 1.807) is 0 Å². The summed E-state index contributed by atoms with van der Waals surface area (Å²) in [5.74, 6) is -0.420. The average Bonchev–Trinajstić information content (AvgIpc) is 3.24. The Bertz CT molecular complexity index is 617. The summed E-state index contributed by atoms with van der Waals surface area (Å²) in [6, 6.07) is 2.19. The van der Waals surface area contributed by atoms with Crippen LogP contribution in [0.25, 0.3) is 0 Å². The van der Waals surface area contributed by atoms with Crippen LogP contribution in [0.2, 0.25) is 5.02 Å². The molecule has 0 saturated heterocycles. The van der Waals surface area contributed by atoms with E-state index in [2.05, 4.69) is 0 Å². The normalized spacial score (nSPS) is 17.5. The maximum absolute atomic E-state index is 13.7.